The minimum atomic E-state index is -0.702. The van der Waals surface area contributed by atoms with Gasteiger partial charge in [0.1, 0.15) is 0 Å². The number of methoxy groups -OCH3 is 1. The van der Waals surface area contributed by atoms with Crippen molar-refractivity contribution in [2.45, 2.75) is 52.0 Å². The highest BCUT2D eigenvalue weighted by molar-refractivity contribution is 6.23. The van der Waals surface area contributed by atoms with E-state index in [9.17, 15) is 24.3 Å². The Balaban J connectivity index is 1.71. The van der Waals surface area contributed by atoms with E-state index in [4.69, 9.17) is 4.74 Å². The van der Waals surface area contributed by atoms with Crippen molar-refractivity contribution in [1.82, 2.24) is 4.90 Å². The van der Waals surface area contributed by atoms with E-state index in [-0.39, 0.29) is 41.3 Å². The number of phenols is 1. The number of carbonyl (C=O) groups excluding carboxylic acids is 4. The van der Waals surface area contributed by atoms with Crippen molar-refractivity contribution in [3.05, 3.63) is 58.2 Å². The van der Waals surface area contributed by atoms with Crippen LogP contribution in [0.2, 0.25) is 0 Å². The minimum absolute atomic E-state index is 0.104. The molecule has 0 saturated carbocycles. The van der Waals surface area contributed by atoms with Crippen LogP contribution in [0, 0.1) is 17.8 Å². The van der Waals surface area contributed by atoms with Crippen LogP contribution in [0.3, 0.4) is 0 Å². The normalized spacial score (nSPS) is 28.4. The Bertz CT molecular complexity index is 1290. The van der Waals surface area contributed by atoms with Gasteiger partial charge in [-0.3, -0.25) is 24.1 Å². The number of benzene rings is 1. The fraction of sp³-hybridized carbons (Fsp3) is 0.429. The molecule has 0 unspecified atom stereocenters. The number of Topliss-reactive ketones (excluding diaryl/α,β-unsaturated/α-hetero) is 1. The van der Waals surface area contributed by atoms with Gasteiger partial charge in [0.15, 0.2) is 23.1 Å². The molecule has 7 heteroatoms. The summed E-state index contributed by atoms with van der Waals surface area (Å²) in [6.45, 7) is 7.13. The minimum Gasteiger partial charge on any atom is -0.504 e. The summed E-state index contributed by atoms with van der Waals surface area (Å²) < 4.78 is 5.31. The van der Waals surface area contributed by atoms with E-state index < -0.39 is 29.2 Å². The van der Waals surface area contributed by atoms with Gasteiger partial charge in [-0.1, -0.05) is 23.8 Å². The molecular weight excluding hydrogens is 446 g/mol. The molecule has 182 valence electrons. The summed E-state index contributed by atoms with van der Waals surface area (Å²) in [6, 6.07) is 5.07. The number of nitrogens with zero attached hydrogens (tertiary/aromatic N) is 1. The molecule has 1 aromatic carbocycles. The zero-order chi connectivity index (χ0) is 25.4. The summed E-state index contributed by atoms with van der Waals surface area (Å²) >= 11 is 0. The number of phenolic OH excluding ortho intramolecular Hbond substituents is 1. The molecule has 4 aliphatic rings. The zero-order valence-electron chi connectivity index (χ0n) is 20.5. The Labute approximate surface area is 204 Å². The van der Waals surface area contributed by atoms with Crippen LogP contribution in [0.5, 0.6) is 11.5 Å². The Morgan fingerprint density at radius 1 is 1.06 bits per heavy atom. The van der Waals surface area contributed by atoms with E-state index >= 15 is 0 Å². The van der Waals surface area contributed by atoms with Gasteiger partial charge >= 0.3 is 0 Å². The number of fused-ring (bicyclic) bond motifs is 3. The third-order valence-corrected chi connectivity index (χ3v) is 7.79. The van der Waals surface area contributed by atoms with Crippen LogP contribution in [-0.4, -0.2) is 46.0 Å². The van der Waals surface area contributed by atoms with Crippen molar-refractivity contribution in [2.24, 2.45) is 17.8 Å². The van der Waals surface area contributed by atoms with Gasteiger partial charge in [-0.25, -0.2) is 0 Å². The molecule has 5 rings (SSSR count). The number of aromatic hydroxyl groups is 1. The maximum atomic E-state index is 13.7. The third-order valence-electron chi connectivity index (χ3n) is 7.79. The zero-order valence-corrected chi connectivity index (χ0v) is 20.5. The summed E-state index contributed by atoms with van der Waals surface area (Å²) in [7, 11) is 1.45. The smallest absolute Gasteiger partial charge is 0.234 e. The van der Waals surface area contributed by atoms with Gasteiger partial charge in [0, 0.05) is 33.7 Å². The van der Waals surface area contributed by atoms with Crippen LogP contribution < -0.4 is 4.74 Å². The van der Waals surface area contributed by atoms with Gasteiger partial charge < -0.3 is 9.84 Å². The molecule has 1 aromatic rings. The SMILES string of the molecule is COc1cccc([C@H]2C3=CC[C@@H]4C(=O)N(C(C)(C)C)C(=O)[C@@H]4[C@@H]3CC3=C2C(=O)C=C(C)C3=O)c1O. The second kappa shape index (κ2) is 7.77. The van der Waals surface area contributed by atoms with Crippen LogP contribution in [0.25, 0.3) is 0 Å². The van der Waals surface area contributed by atoms with Crippen molar-refractivity contribution in [3.8, 4) is 11.5 Å². The molecule has 0 bridgehead atoms. The summed E-state index contributed by atoms with van der Waals surface area (Å²) in [5, 5.41) is 11.0. The number of likely N-dealkylation sites (tertiary alicyclic amines) is 1. The molecule has 1 aliphatic heterocycles. The number of para-hydroxylation sites is 1. The lowest BCUT2D eigenvalue weighted by atomic mass is 9.59. The van der Waals surface area contributed by atoms with E-state index in [1.54, 1.807) is 25.1 Å². The Morgan fingerprint density at radius 3 is 2.43 bits per heavy atom. The van der Waals surface area contributed by atoms with Crippen molar-refractivity contribution >= 4 is 23.4 Å². The van der Waals surface area contributed by atoms with Gasteiger partial charge in [0.2, 0.25) is 11.8 Å². The highest BCUT2D eigenvalue weighted by atomic mass is 16.5. The van der Waals surface area contributed by atoms with Crippen LogP contribution >= 0.6 is 0 Å². The average Bonchev–Trinajstić information content (AvgIpc) is 3.06. The summed E-state index contributed by atoms with van der Waals surface area (Å²) in [5.41, 5.74) is 1.66. The molecule has 0 aromatic heterocycles. The van der Waals surface area contributed by atoms with Crippen molar-refractivity contribution in [1.29, 1.82) is 0 Å². The van der Waals surface area contributed by atoms with Crippen LogP contribution in [0.15, 0.2) is 52.6 Å². The first-order valence-corrected chi connectivity index (χ1v) is 11.9. The number of hydrogen-bond acceptors (Lipinski definition) is 6. The number of hydrogen-bond donors (Lipinski definition) is 1. The second-order valence-electron chi connectivity index (χ2n) is 10.8. The maximum absolute atomic E-state index is 13.7. The van der Waals surface area contributed by atoms with E-state index in [0.717, 1.165) is 5.57 Å². The van der Waals surface area contributed by atoms with E-state index in [1.807, 2.05) is 26.8 Å². The fourth-order valence-electron chi connectivity index (χ4n) is 6.34. The Morgan fingerprint density at radius 2 is 1.77 bits per heavy atom. The largest absolute Gasteiger partial charge is 0.504 e. The third kappa shape index (κ3) is 3.24. The van der Waals surface area contributed by atoms with Gasteiger partial charge in [-0.2, -0.15) is 0 Å². The van der Waals surface area contributed by atoms with E-state index in [1.165, 1.54) is 18.1 Å². The monoisotopic (exact) mass is 475 g/mol. The maximum Gasteiger partial charge on any atom is 0.234 e. The van der Waals surface area contributed by atoms with Crippen LogP contribution in [0.4, 0.5) is 0 Å². The molecule has 1 heterocycles. The Kier molecular flexibility index (Phi) is 5.16. The molecule has 1 saturated heterocycles. The van der Waals surface area contributed by atoms with E-state index in [0.29, 0.717) is 28.7 Å². The summed E-state index contributed by atoms with van der Waals surface area (Å²) in [4.78, 5) is 54.9. The number of ketones is 2. The molecular formula is C28H29NO6. The standard InChI is InChI=1S/C28H29NO6/c1-13-11-19(30)23-18(24(13)31)12-17-14(21(23)15-7-6-8-20(35-5)25(15)32)9-10-16-22(17)27(34)29(26(16)33)28(2,3)4/h6-9,11,16-17,21-22,32H,10,12H2,1-5H3/t16-,17+,21+,22-/m0/s1. The molecule has 1 fully saturated rings. The topological polar surface area (TPSA) is 101 Å². The number of ether oxygens (including phenoxy) is 1. The number of amides is 2. The molecule has 0 radical (unpaired) electrons. The highest BCUT2D eigenvalue weighted by Crippen LogP contribution is 2.57. The Hall–Kier alpha value is -3.48. The molecule has 4 atom stereocenters. The second-order valence-corrected chi connectivity index (χ2v) is 10.8. The first-order chi connectivity index (χ1) is 16.5. The molecule has 1 N–H and O–H groups in total. The first kappa shape index (κ1) is 23.3. The fourth-order valence-corrected chi connectivity index (χ4v) is 6.34. The lowest BCUT2D eigenvalue weighted by Crippen LogP contribution is -2.46. The molecule has 7 nitrogen and oxygen atoms in total. The van der Waals surface area contributed by atoms with Crippen LogP contribution in [-0.2, 0) is 19.2 Å². The predicted molar refractivity (Wildman–Crippen MR) is 128 cm³/mol. The van der Waals surface area contributed by atoms with Crippen molar-refractivity contribution < 1.29 is 29.0 Å². The van der Waals surface area contributed by atoms with Crippen LogP contribution in [0.1, 0.15) is 52.0 Å². The van der Waals surface area contributed by atoms with Crippen molar-refractivity contribution in [2.75, 3.05) is 7.11 Å². The van der Waals surface area contributed by atoms with Gasteiger partial charge in [0.25, 0.3) is 0 Å². The summed E-state index contributed by atoms with van der Waals surface area (Å²) in [5.74, 6) is -2.99. The van der Waals surface area contributed by atoms with Gasteiger partial charge in [-0.15, -0.1) is 0 Å². The quantitative estimate of drug-likeness (QED) is 0.398. The highest BCUT2D eigenvalue weighted by Gasteiger charge is 2.58. The number of imide groups is 1. The molecule has 2 amide bonds. The summed E-state index contributed by atoms with van der Waals surface area (Å²) in [6.07, 6.45) is 3.88. The van der Waals surface area contributed by atoms with Gasteiger partial charge in [-0.05, 0) is 58.6 Å². The number of rotatable bonds is 2. The molecule has 3 aliphatic carbocycles. The first-order valence-electron chi connectivity index (χ1n) is 11.9. The predicted octanol–water partition coefficient (Wildman–Crippen LogP) is 3.63. The molecule has 0 spiro atoms. The van der Waals surface area contributed by atoms with E-state index in [2.05, 4.69) is 0 Å². The van der Waals surface area contributed by atoms with Crippen molar-refractivity contribution in [3.63, 3.8) is 0 Å². The average molecular weight is 476 g/mol. The molecule has 35 heavy (non-hydrogen) atoms. The van der Waals surface area contributed by atoms with Gasteiger partial charge in [0.05, 0.1) is 18.9 Å². The number of allylic oxidation sites excluding steroid dienone is 6. The number of carbonyl (C=O) groups is 4. The lowest BCUT2D eigenvalue weighted by Gasteiger charge is -2.42. The lowest BCUT2D eigenvalue weighted by molar-refractivity contribution is -0.145.